The minimum Gasteiger partial charge on any atom is -0.372 e. The van der Waals surface area contributed by atoms with Gasteiger partial charge in [-0.15, -0.1) is 6.42 Å². The summed E-state index contributed by atoms with van der Waals surface area (Å²) in [6, 6.07) is 8.90. The number of nitrogens with zero attached hydrogens (tertiary/aromatic N) is 1. The molecule has 0 radical (unpaired) electrons. The first kappa shape index (κ1) is 8.19. The Morgan fingerprint density at radius 2 is 2.23 bits per heavy atom. The molecule has 0 N–H and O–H groups in total. The Kier molecular flexibility index (Phi) is 1.98. The van der Waals surface area contributed by atoms with E-state index in [2.05, 4.69) is 30.0 Å². The highest BCUT2D eigenvalue weighted by Gasteiger charge is 2.26. The maximum Gasteiger partial charge on any atom is 0.0378 e. The fraction of sp³-hybridized carbons (Fsp3) is 0.333. The van der Waals surface area contributed by atoms with E-state index in [1.165, 1.54) is 18.5 Å². The van der Waals surface area contributed by atoms with Crippen LogP contribution in [0.15, 0.2) is 24.3 Å². The zero-order valence-electron chi connectivity index (χ0n) is 7.83. The molecule has 13 heavy (non-hydrogen) atoms. The van der Waals surface area contributed by atoms with Crippen molar-refractivity contribution in [3.05, 3.63) is 29.8 Å². The van der Waals surface area contributed by atoms with Crippen molar-refractivity contribution in [2.45, 2.75) is 18.9 Å². The maximum atomic E-state index is 5.34. The third-order valence-electron chi connectivity index (χ3n) is 2.51. The van der Waals surface area contributed by atoms with Crippen LogP contribution in [-0.4, -0.2) is 13.1 Å². The number of rotatable bonds is 2. The highest BCUT2D eigenvalue weighted by atomic mass is 15.2. The van der Waals surface area contributed by atoms with Crippen LogP contribution in [0, 0.1) is 12.3 Å². The molecule has 1 aromatic carbocycles. The molecule has 0 saturated heterocycles. The Bertz CT molecular complexity index is 344. The zero-order chi connectivity index (χ0) is 9.26. The van der Waals surface area contributed by atoms with E-state index in [9.17, 15) is 0 Å². The maximum absolute atomic E-state index is 5.34. The van der Waals surface area contributed by atoms with Crippen LogP contribution in [0.3, 0.4) is 0 Å². The van der Waals surface area contributed by atoms with E-state index in [-0.39, 0.29) is 0 Å². The van der Waals surface area contributed by atoms with Gasteiger partial charge in [0.1, 0.15) is 0 Å². The summed E-state index contributed by atoms with van der Waals surface area (Å²) in [4.78, 5) is 2.31. The second kappa shape index (κ2) is 3.14. The molecule has 0 unspecified atom stereocenters. The Hall–Kier alpha value is -1.42. The SMILES string of the molecule is C#Cc1cccc(N(C)C2CC2)c1. The van der Waals surface area contributed by atoms with Gasteiger partial charge < -0.3 is 4.90 Å². The van der Waals surface area contributed by atoms with E-state index in [1.807, 2.05) is 12.1 Å². The van der Waals surface area contributed by atoms with E-state index >= 15 is 0 Å². The fourth-order valence-electron chi connectivity index (χ4n) is 1.49. The van der Waals surface area contributed by atoms with Crippen molar-refractivity contribution in [1.29, 1.82) is 0 Å². The molecule has 0 aliphatic heterocycles. The molecule has 1 heteroatoms. The quantitative estimate of drug-likeness (QED) is 0.617. The van der Waals surface area contributed by atoms with Crippen LogP contribution >= 0.6 is 0 Å². The van der Waals surface area contributed by atoms with Gasteiger partial charge in [-0.25, -0.2) is 0 Å². The predicted octanol–water partition coefficient (Wildman–Crippen LogP) is 2.27. The monoisotopic (exact) mass is 171 g/mol. The lowest BCUT2D eigenvalue weighted by Crippen LogP contribution is -2.19. The second-order valence-electron chi connectivity index (χ2n) is 3.54. The third kappa shape index (κ3) is 1.67. The molecule has 0 aromatic heterocycles. The van der Waals surface area contributed by atoms with Gasteiger partial charge in [-0.05, 0) is 31.0 Å². The molecular weight excluding hydrogens is 158 g/mol. The van der Waals surface area contributed by atoms with Crippen molar-refractivity contribution in [3.63, 3.8) is 0 Å². The van der Waals surface area contributed by atoms with E-state index in [1.54, 1.807) is 0 Å². The first-order valence-corrected chi connectivity index (χ1v) is 4.61. The molecule has 1 aliphatic carbocycles. The molecule has 2 rings (SSSR count). The Balaban J connectivity index is 2.24. The summed E-state index contributed by atoms with van der Waals surface area (Å²) in [6.07, 6.45) is 7.97. The lowest BCUT2D eigenvalue weighted by Gasteiger charge is -2.18. The zero-order valence-corrected chi connectivity index (χ0v) is 7.83. The van der Waals surface area contributed by atoms with Gasteiger partial charge in [-0.3, -0.25) is 0 Å². The first-order chi connectivity index (χ1) is 6.31. The van der Waals surface area contributed by atoms with Gasteiger partial charge in [-0.1, -0.05) is 12.0 Å². The van der Waals surface area contributed by atoms with Crippen LogP contribution in [0.1, 0.15) is 18.4 Å². The number of benzene rings is 1. The summed E-state index contributed by atoms with van der Waals surface area (Å²) in [7, 11) is 2.13. The Labute approximate surface area is 79.4 Å². The van der Waals surface area contributed by atoms with Crippen LogP contribution in [0.5, 0.6) is 0 Å². The molecule has 0 bridgehead atoms. The van der Waals surface area contributed by atoms with Crippen LogP contribution in [-0.2, 0) is 0 Å². The van der Waals surface area contributed by atoms with Gasteiger partial charge in [0.05, 0.1) is 0 Å². The average Bonchev–Trinajstić information content (AvgIpc) is 3.00. The summed E-state index contributed by atoms with van der Waals surface area (Å²) in [5, 5.41) is 0. The molecule has 1 saturated carbocycles. The first-order valence-electron chi connectivity index (χ1n) is 4.61. The normalized spacial score (nSPS) is 15.1. The topological polar surface area (TPSA) is 3.24 Å². The highest BCUT2D eigenvalue weighted by Crippen LogP contribution is 2.30. The number of anilines is 1. The Morgan fingerprint density at radius 3 is 2.85 bits per heavy atom. The molecule has 1 fully saturated rings. The molecular formula is C12H13N. The van der Waals surface area contributed by atoms with E-state index in [4.69, 9.17) is 6.42 Å². The summed E-state index contributed by atoms with van der Waals surface area (Å²) in [6.45, 7) is 0. The number of hydrogen-bond donors (Lipinski definition) is 0. The molecule has 1 nitrogen and oxygen atoms in total. The lowest BCUT2D eigenvalue weighted by molar-refractivity contribution is 0.917. The van der Waals surface area contributed by atoms with Crippen LogP contribution in [0.2, 0.25) is 0 Å². The van der Waals surface area contributed by atoms with E-state index in [0.717, 1.165) is 11.6 Å². The van der Waals surface area contributed by atoms with E-state index in [0.29, 0.717) is 0 Å². The second-order valence-corrected chi connectivity index (χ2v) is 3.54. The van der Waals surface area contributed by atoms with E-state index < -0.39 is 0 Å². The van der Waals surface area contributed by atoms with Crippen molar-refractivity contribution in [2.24, 2.45) is 0 Å². The summed E-state index contributed by atoms with van der Waals surface area (Å²) >= 11 is 0. The minimum absolute atomic E-state index is 0.744. The van der Waals surface area contributed by atoms with Gasteiger partial charge in [0.25, 0.3) is 0 Å². The number of terminal acetylenes is 1. The molecule has 66 valence electrons. The minimum atomic E-state index is 0.744. The summed E-state index contributed by atoms with van der Waals surface area (Å²) in [5.41, 5.74) is 2.20. The standard InChI is InChI=1S/C12H13N/c1-3-10-5-4-6-12(9-10)13(2)11-7-8-11/h1,4-6,9,11H,7-8H2,2H3. The fourth-order valence-corrected chi connectivity index (χ4v) is 1.49. The van der Waals surface area contributed by atoms with Gasteiger partial charge >= 0.3 is 0 Å². The largest absolute Gasteiger partial charge is 0.372 e. The van der Waals surface area contributed by atoms with Crippen molar-refractivity contribution >= 4 is 5.69 Å². The van der Waals surface area contributed by atoms with Gasteiger partial charge in [0.15, 0.2) is 0 Å². The van der Waals surface area contributed by atoms with Crippen molar-refractivity contribution in [2.75, 3.05) is 11.9 Å². The van der Waals surface area contributed by atoms with Crippen LogP contribution in [0.25, 0.3) is 0 Å². The Morgan fingerprint density at radius 1 is 1.46 bits per heavy atom. The smallest absolute Gasteiger partial charge is 0.0378 e. The van der Waals surface area contributed by atoms with Crippen LogP contribution in [0.4, 0.5) is 5.69 Å². The summed E-state index contributed by atoms with van der Waals surface area (Å²) < 4.78 is 0. The van der Waals surface area contributed by atoms with Gasteiger partial charge in [-0.2, -0.15) is 0 Å². The van der Waals surface area contributed by atoms with Crippen molar-refractivity contribution in [1.82, 2.24) is 0 Å². The average molecular weight is 171 g/mol. The van der Waals surface area contributed by atoms with Gasteiger partial charge in [0.2, 0.25) is 0 Å². The molecule has 0 amide bonds. The van der Waals surface area contributed by atoms with Crippen molar-refractivity contribution in [3.8, 4) is 12.3 Å². The predicted molar refractivity (Wildman–Crippen MR) is 55.8 cm³/mol. The third-order valence-corrected chi connectivity index (χ3v) is 2.51. The molecule has 0 spiro atoms. The highest BCUT2D eigenvalue weighted by molar-refractivity contribution is 5.53. The summed E-state index contributed by atoms with van der Waals surface area (Å²) in [5.74, 6) is 2.65. The lowest BCUT2D eigenvalue weighted by atomic mass is 10.2. The molecule has 1 aromatic rings. The molecule has 0 heterocycles. The molecule has 0 atom stereocenters. The van der Waals surface area contributed by atoms with Crippen LogP contribution < -0.4 is 4.90 Å². The molecule has 1 aliphatic rings. The number of hydrogen-bond acceptors (Lipinski definition) is 1. The van der Waals surface area contributed by atoms with Gasteiger partial charge in [0, 0.05) is 24.3 Å². The van der Waals surface area contributed by atoms with Crippen molar-refractivity contribution < 1.29 is 0 Å².